The van der Waals surface area contributed by atoms with Crippen molar-refractivity contribution < 1.29 is 18.0 Å². The van der Waals surface area contributed by atoms with Gasteiger partial charge in [-0.15, -0.1) is 0 Å². The molecule has 1 amide bonds. The maximum atomic E-state index is 13.9. The van der Waals surface area contributed by atoms with Gasteiger partial charge in [0.25, 0.3) is 6.43 Å². The number of aromatic nitrogens is 5. The first-order valence-corrected chi connectivity index (χ1v) is 11.4. The van der Waals surface area contributed by atoms with E-state index in [4.69, 9.17) is 4.42 Å². The summed E-state index contributed by atoms with van der Waals surface area (Å²) in [6.07, 6.45) is -1.29. The van der Waals surface area contributed by atoms with Crippen LogP contribution in [0.4, 0.5) is 14.5 Å². The van der Waals surface area contributed by atoms with Crippen LogP contribution in [0.15, 0.2) is 59.2 Å². The van der Waals surface area contributed by atoms with E-state index in [2.05, 4.69) is 20.5 Å². The van der Waals surface area contributed by atoms with Crippen molar-refractivity contribution in [1.82, 2.24) is 24.5 Å². The van der Waals surface area contributed by atoms with Gasteiger partial charge in [0.05, 0.1) is 41.0 Å². The Morgan fingerprint density at radius 3 is 2.47 bits per heavy atom. The van der Waals surface area contributed by atoms with Crippen LogP contribution < -0.4 is 5.32 Å². The molecule has 0 radical (unpaired) electrons. The van der Waals surface area contributed by atoms with E-state index in [0.29, 0.717) is 29.4 Å². The standard InChI is InChI=1S/C26H24F2N6O2/c1-15-23-19(25(27)28)12-20(21-10-7-11-36-21)29-26(23)34(31-15)14-22(35)30-24-16(2)32-33(17(24)3)13-18-8-5-4-6-9-18/h4-12,25H,13-14H2,1-3H3,(H,30,35). The van der Waals surface area contributed by atoms with Gasteiger partial charge in [0.15, 0.2) is 11.4 Å². The molecule has 0 aliphatic rings. The van der Waals surface area contributed by atoms with Gasteiger partial charge < -0.3 is 9.73 Å². The Morgan fingerprint density at radius 1 is 1.03 bits per heavy atom. The third-order valence-electron chi connectivity index (χ3n) is 6.03. The lowest BCUT2D eigenvalue weighted by molar-refractivity contribution is -0.116. The van der Waals surface area contributed by atoms with Gasteiger partial charge in [-0.25, -0.2) is 18.4 Å². The van der Waals surface area contributed by atoms with Crippen molar-refractivity contribution in [2.24, 2.45) is 0 Å². The van der Waals surface area contributed by atoms with Gasteiger partial charge in [0.1, 0.15) is 12.2 Å². The number of nitrogens with one attached hydrogen (secondary N) is 1. The van der Waals surface area contributed by atoms with Gasteiger partial charge in [-0.2, -0.15) is 10.2 Å². The highest BCUT2D eigenvalue weighted by Crippen LogP contribution is 2.33. The second kappa shape index (κ2) is 9.37. The molecule has 0 saturated heterocycles. The minimum absolute atomic E-state index is 0.195. The molecule has 10 heteroatoms. The van der Waals surface area contributed by atoms with E-state index in [1.165, 1.54) is 17.0 Å². The molecule has 0 unspecified atom stereocenters. The van der Waals surface area contributed by atoms with Crippen LogP contribution in [0.2, 0.25) is 0 Å². The molecule has 184 valence electrons. The molecule has 0 fully saturated rings. The summed E-state index contributed by atoms with van der Waals surface area (Å²) in [6.45, 7) is 5.70. The van der Waals surface area contributed by atoms with Crippen molar-refractivity contribution in [3.05, 3.63) is 83.0 Å². The molecule has 5 aromatic rings. The quantitative estimate of drug-likeness (QED) is 0.328. The topological polar surface area (TPSA) is 90.8 Å². The number of aryl methyl sites for hydroxylation is 2. The Morgan fingerprint density at radius 2 is 1.78 bits per heavy atom. The molecule has 0 atom stereocenters. The van der Waals surface area contributed by atoms with Crippen molar-refractivity contribution in [3.8, 4) is 11.5 Å². The maximum Gasteiger partial charge on any atom is 0.264 e. The Kier molecular flexibility index (Phi) is 6.09. The third kappa shape index (κ3) is 4.37. The molecule has 0 saturated carbocycles. The fourth-order valence-corrected chi connectivity index (χ4v) is 4.32. The summed E-state index contributed by atoms with van der Waals surface area (Å²) >= 11 is 0. The number of anilines is 1. The predicted molar refractivity (Wildman–Crippen MR) is 131 cm³/mol. The molecule has 0 aliphatic carbocycles. The Balaban J connectivity index is 1.44. The van der Waals surface area contributed by atoms with Crippen molar-refractivity contribution in [1.29, 1.82) is 0 Å². The zero-order chi connectivity index (χ0) is 25.4. The number of hydrogen-bond acceptors (Lipinski definition) is 5. The summed E-state index contributed by atoms with van der Waals surface area (Å²) in [5.41, 5.74) is 3.80. The van der Waals surface area contributed by atoms with Gasteiger partial charge >= 0.3 is 0 Å². The second-order valence-electron chi connectivity index (χ2n) is 8.55. The number of amides is 1. The Labute approximate surface area is 205 Å². The molecular weight excluding hydrogens is 466 g/mol. The molecule has 36 heavy (non-hydrogen) atoms. The van der Waals surface area contributed by atoms with Crippen LogP contribution in [0, 0.1) is 20.8 Å². The SMILES string of the molecule is Cc1nn(Cc2ccccc2)c(C)c1NC(=O)Cn1nc(C)c2c(C(F)F)cc(-c3ccco3)nc21. The van der Waals surface area contributed by atoms with E-state index in [1.54, 1.807) is 19.1 Å². The first kappa shape index (κ1) is 23.4. The highest BCUT2D eigenvalue weighted by Gasteiger charge is 2.23. The zero-order valence-corrected chi connectivity index (χ0v) is 20.0. The van der Waals surface area contributed by atoms with Gasteiger partial charge in [-0.1, -0.05) is 30.3 Å². The van der Waals surface area contributed by atoms with Crippen LogP contribution in [-0.4, -0.2) is 30.5 Å². The van der Waals surface area contributed by atoms with Crippen molar-refractivity contribution in [3.63, 3.8) is 0 Å². The number of benzene rings is 1. The van der Waals surface area contributed by atoms with E-state index < -0.39 is 6.43 Å². The van der Waals surface area contributed by atoms with E-state index in [0.717, 1.165) is 11.3 Å². The van der Waals surface area contributed by atoms with E-state index in [1.807, 2.05) is 48.9 Å². The molecule has 4 aromatic heterocycles. The van der Waals surface area contributed by atoms with Crippen LogP contribution in [0.3, 0.4) is 0 Å². The number of hydrogen-bond donors (Lipinski definition) is 1. The van der Waals surface area contributed by atoms with Crippen molar-refractivity contribution in [2.45, 2.75) is 40.3 Å². The molecule has 0 aliphatic heterocycles. The fraction of sp³-hybridized carbons (Fsp3) is 0.231. The number of rotatable bonds is 7. The van der Waals surface area contributed by atoms with Crippen LogP contribution >= 0.6 is 0 Å². The smallest absolute Gasteiger partial charge is 0.264 e. The van der Waals surface area contributed by atoms with Crippen LogP contribution in [0.5, 0.6) is 0 Å². The molecule has 0 bridgehead atoms. The average molecular weight is 491 g/mol. The van der Waals surface area contributed by atoms with Crippen LogP contribution in [-0.2, 0) is 17.9 Å². The highest BCUT2D eigenvalue weighted by atomic mass is 19.3. The first-order chi connectivity index (χ1) is 17.3. The minimum atomic E-state index is -2.74. The third-order valence-corrected chi connectivity index (χ3v) is 6.03. The summed E-state index contributed by atoms with van der Waals surface area (Å²) in [4.78, 5) is 17.5. The summed E-state index contributed by atoms with van der Waals surface area (Å²) in [5, 5.41) is 12.1. The molecule has 1 aromatic carbocycles. The molecular formula is C26H24F2N6O2. The lowest BCUT2D eigenvalue weighted by Crippen LogP contribution is -2.20. The summed E-state index contributed by atoms with van der Waals surface area (Å²) in [5.74, 6) is -0.0144. The molecule has 4 heterocycles. The van der Waals surface area contributed by atoms with Gasteiger partial charge in [0, 0.05) is 5.56 Å². The summed E-state index contributed by atoms with van der Waals surface area (Å²) in [7, 11) is 0. The maximum absolute atomic E-state index is 13.9. The lowest BCUT2D eigenvalue weighted by atomic mass is 10.1. The van der Waals surface area contributed by atoms with E-state index in [-0.39, 0.29) is 34.7 Å². The zero-order valence-electron chi connectivity index (χ0n) is 20.0. The Bertz CT molecular complexity index is 1540. The average Bonchev–Trinajstić information content (AvgIpc) is 3.56. The number of carbonyl (C=O) groups is 1. The monoisotopic (exact) mass is 490 g/mol. The van der Waals surface area contributed by atoms with Crippen molar-refractivity contribution in [2.75, 3.05) is 5.32 Å². The Hall–Kier alpha value is -4.34. The predicted octanol–water partition coefficient (Wildman–Crippen LogP) is 5.44. The van der Waals surface area contributed by atoms with Gasteiger partial charge in [-0.3, -0.25) is 9.48 Å². The number of furan rings is 1. The van der Waals surface area contributed by atoms with E-state index >= 15 is 0 Å². The van der Waals surface area contributed by atoms with Crippen molar-refractivity contribution >= 4 is 22.6 Å². The lowest BCUT2D eigenvalue weighted by Gasteiger charge is -2.09. The fourth-order valence-electron chi connectivity index (χ4n) is 4.32. The number of alkyl halides is 2. The molecule has 1 N–H and O–H groups in total. The number of nitrogens with zero attached hydrogens (tertiary/aromatic N) is 5. The molecule has 0 spiro atoms. The number of carbonyl (C=O) groups excluding carboxylic acids is 1. The van der Waals surface area contributed by atoms with Gasteiger partial charge in [0.2, 0.25) is 5.91 Å². The largest absolute Gasteiger partial charge is 0.463 e. The molecule has 5 rings (SSSR count). The summed E-state index contributed by atoms with van der Waals surface area (Å²) in [6, 6.07) is 14.5. The van der Waals surface area contributed by atoms with Crippen LogP contribution in [0.25, 0.3) is 22.5 Å². The minimum Gasteiger partial charge on any atom is -0.463 e. The number of fused-ring (bicyclic) bond motifs is 1. The number of pyridine rings is 1. The second-order valence-corrected chi connectivity index (χ2v) is 8.55. The highest BCUT2D eigenvalue weighted by molar-refractivity contribution is 5.93. The summed E-state index contributed by atoms with van der Waals surface area (Å²) < 4.78 is 36.4. The molecule has 8 nitrogen and oxygen atoms in total. The first-order valence-electron chi connectivity index (χ1n) is 11.4. The number of halogens is 2. The normalized spacial score (nSPS) is 11.5. The van der Waals surface area contributed by atoms with Gasteiger partial charge in [-0.05, 0) is 44.5 Å². The van der Waals surface area contributed by atoms with E-state index in [9.17, 15) is 13.6 Å². The van der Waals surface area contributed by atoms with Crippen LogP contribution in [0.1, 0.15) is 34.6 Å².